The van der Waals surface area contributed by atoms with Gasteiger partial charge in [-0.2, -0.15) is 4.48 Å². The van der Waals surface area contributed by atoms with E-state index in [9.17, 15) is 9.59 Å². The first-order valence-electron chi connectivity index (χ1n) is 5.62. The maximum absolute atomic E-state index is 12.5. The summed E-state index contributed by atoms with van der Waals surface area (Å²) in [5.41, 5.74) is 0.110. The molecule has 2 rings (SSSR count). The number of quaternary nitrogens is 1. The average Bonchev–Trinajstić information content (AvgIpc) is 2.26. The van der Waals surface area contributed by atoms with Gasteiger partial charge < -0.3 is 0 Å². The van der Waals surface area contributed by atoms with Gasteiger partial charge in [-0.1, -0.05) is 18.2 Å². The summed E-state index contributed by atoms with van der Waals surface area (Å²) in [5, 5.41) is 0. The standard InChI is InChI=1S/C14H16NO2/c1-14(2,3)15(10-9-12(15)16)13(17)11-7-5-4-6-8-11/h4-10H,1-3H3/q+1. The SMILES string of the molecule is CC(C)(C)[N+]1(C(=O)c2ccccc2)C=CC1=O. The van der Waals surface area contributed by atoms with Crippen LogP contribution in [0.3, 0.4) is 0 Å². The summed E-state index contributed by atoms with van der Waals surface area (Å²) in [7, 11) is 0. The molecule has 3 nitrogen and oxygen atoms in total. The number of nitrogens with zero attached hydrogens (tertiary/aromatic N) is 1. The molecule has 1 aliphatic rings. The van der Waals surface area contributed by atoms with Crippen molar-refractivity contribution in [2.24, 2.45) is 0 Å². The number of imide groups is 1. The Morgan fingerprint density at radius 1 is 1.12 bits per heavy atom. The monoisotopic (exact) mass is 230 g/mol. The highest BCUT2D eigenvalue weighted by molar-refractivity contribution is 6.03. The van der Waals surface area contributed by atoms with Gasteiger partial charge in [-0.15, -0.1) is 0 Å². The Balaban J connectivity index is 2.49. The third kappa shape index (κ3) is 1.54. The second-order valence-corrected chi connectivity index (χ2v) is 5.22. The van der Waals surface area contributed by atoms with Crippen LogP contribution in [0.15, 0.2) is 42.6 Å². The molecule has 0 bridgehead atoms. The highest BCUT2D eigenvalue weighted by Gasteiger charge is 2.56. The molecular formula is C14H16NO2+. The van der Waals surface area contributed by atoms with E-state index in [4.69, 9.17) is 0 Å². The van der Waals surface area contributed by atoms with Crippen molar-refractivity contribution >= 4 is 11.8 Å². The van der Waals surface area contributed by atoms with Gasteiger partial charge in [0.05, 0.1) is 11.6 Å². The lowest BCUT2D eigenvalue weighted by molar-refractivity contribution is -0.781. The highest BCUT2D eigenvalue weighted by Crippen LogP contribution is 2.34. The van der Waals surface area contributed by atoms with E-state index in [1.54, 1.807) is 30.5 Å². The fraction of sp³-hybridized carbons (Fsp3) is 0.286. The minimum absolute atomic E-state index is 0.147. The average molecular weight is 230 g/mol. The lowest BCUT2D eigenvalue weighted by Crippen LogP contribution is -2.66. The summed E-state index contributed by atoms with van der Waals surface area (Å²) in [6.07, 6.45) is 3.14. The van der Waals surface area contributed by atoms with Gasteiger partial charge in [-0.3, -0.25) is 0 Å². The quantitative estimate of drug-likeness (QED) is 0.548. The second kappa shape index (κ2) is 3.64. The highest BCUT2D eigenvalue weighted by atomic mass is 16.2. The van der Waals surface area contributed by atoms with Crippen LogP contribution in [-0.2, 0) is 4.79 Å². The summed E-state index contributed by atoms with van der Waals surface area (Å²) >= 11 is 0. The van der Waals surface area contributed by atoms with Gasteiger partial charge in [0.25, 0.3) is 0 Å². The van der Waals surface area contributed by atoms with E-state index < -0.39 is 5.54 Å². The molecule has 0 spiro atoms. The van der Waals surface area contributed by atoms with E-state index in [0.717, 1.165) is 0 Å². The van der Waals surface area contributed by atoms with Crippen molar-refractivity contribution in [2.45, 2.75) is 26.3 Å². The summed E-state index contributed by atoms with van der Waals surface area (Å²) < 4.78 is -0.225. The normalized spacial score (nSPS) is 23.4. The van der Waals surface area contributed by atoms with E-state index >= 15 is 0 Å². The van der Waals surface area contributed by atoms with Gasteiger partial charge in [0.15, 0.2) is 0 Å². The molecule has 3 heteroatoms. The van der Waals surface area contributed by atoms with Crippen molar-refractivity contribution in [3.63, 3.8) is 0 Å². The molecule has 1 atom stereocenters. The molecule has 88 valence electrons. The molecule has 0 saturated heterocycles. The number of benzene rings is 1. The third-order valence-electron chi connectivity index (χ3n) is 3.19. The molecule has 17 heavy (non-hydrogen) atoms. The molecule has 1 aliphatic heterocycles. The molecule has 0 radical (unpaired) electrons. The van der Waals surface area contributed by atoms with Crippen LogP contribution in [0.2, 0.25) is 0 Å². The second-order valence-electron chi connectivity index (χ2n) is 5.22. The van der Waals surface area contributed by atoms with E-state index in [1.807, 2.05) is 26.8 Å². The fourth-order valence-corrected chi connectivity index (χ4v) is 2.10. The Bertz CT molecular complexity index is 497. The van der Waals surface area contributed by atoms with Gasteiger partial charge in [0, 0.05) is 0 Å². The topological polar surface area (TPSA) is 34.1 Å². The Morgan fingerprint density at radius 2 is 1.71 bits per heavy atom. The van der Waals surface area contributed by atoms with Gasteiger partial charge in [0.2, 0.25) is 0 Å². The van der Waals surface area contributed by atoms with Crippen LogP contribution in [0.5, 0.6) is 0 Å². The van der Waals surface area contributed by atoms with Crippen LogP contribution in [0.4, 0.5) is 0 Å². The number of hydrogen-bond donors (Lipinski definition) is 0. The molecule has 0 saturated carbocycles. The van der Waals surface area contributed by atoms with Gasteiger partial charge in [-0.25, -0.2) is 9.59 Å². The maximum atomic E-state index is 12.5. The largest absolute Gasteiger partial charge is 0.358 e. The molecule has 0 N–H and O–H groups in total. The van der Waals surface area contributed by atoms with Crippen LogP contribution in [0.25, 0.3) is 0 Å². The molecular weight excluding hydrogens is 214 g/mol. The number of hydrogen-bond acceptors (Lipinski definition) is 2. The molecule has 2 amide bonds. The van der Waals surface area contributed by atoms with Crippen LogP contribution in [0.1, 0.15) is 31.1 Å². The van der Waals surface area contributed by atoms with Crippen molar-refractivity contribution in [3.8, 4) is 0 Å². The predicted molar refractivity (Wildman–Crippen MR) is 64.9 cm³/mol. The summed E-state index contributed by atoms with van der Waals surface area (Å²) in [6, 6.07) is 8.95. The van der Waals surface area contributed by atoms with E-state index in [2.05, 4.69) is 0 Å². The lowest BCUT2D eigenvalue weighted by atomic mass is 9.95. The van der Waals surface area contributed by atoms with Crippen molar-refractivity contribution in [1.29, 1.82) is 0 Å². The van der Waals surface area contributed by atoms with Crippen molar-refractivity contribution in [3.05, 3.63) is 48.2 Å². The molecule has 1 aromatic rings. The summed E-state index contributed by atoms with van der Waals surface area (Å²) in [6.45, 7) is 5.69. The van der Waals surface area contributed by atoms with Crippen molar-refractivity contribution in [2.75, 3.05) is 0 Å². The molecule has 1 unspecified atom stereocenters. The Labute approximate surface area is 101 Å². The molecule has 1 aromatic carbocycles. The zero-order valence-corrected chi connectivity index (χ0v) is 10.3. The first-order valence-corrected chi connectivity index (χ1v) is 5.62. The van der Waals surface area contributed by atoms with Crippen LogP contribution < -0.4 is 0 Å². The Hall–Kier alpha value is -1.74. The Morgan fingerprint density at radius 3 is 2.06 bits per heavy atom. The van der Waals surface area contributed by atoms with Crippen LogP contribution >= 0.6 is 0 Å². The summed E-state index contributed by atoms with van der Waals surface area (Å²) in [5.74, 6) is -0.308. The van der Waals surface area contributed by atoms with E-state index in [0.29, 0.717) is 5.56 Å². The fourth-order valence-electron chi connectivity index (χ4n) is 2.10. The van der Waals surface area contributed by atoms with Crippen LogP contribution in [-0.4, -0.2) is 21.8 Å². The number of amides is 2. The first kappa shape index (κ1) is 11.7. The molecule has 0 fully saturated rings. The predicted octanol–water partition coefficient (Wildman–Crippen LogP) is 2.50. The van der Waals surface area contributed by atoms with Crippen molar-refractivity contribution in [1.82, 2.24) is 0 Å². The number of rotatable bonds is 1. The number of carbonyl (C=O) groups is 2. The van der Waals surface area contributed by atoms with Gasteiger partial charge in [0.1, 0.15) is 11.7 Å². The minimum Gasteiger partial charge on any atom is -0.225 e. The zero-order chi connectivity index (χ0) is 12.7. The van der Waals surface area contributed by atoms with Gasteiger partial charge >= 0.3 is 11.8 Å². The van der Waals surface area contributed by atoms with Crippen LogP contribution in [0, 0.1) is 0 Å². The van der Waals surface area contributed by atoms with Gasteiger partial charge in [-0.05, 0) is 32.9 Å². The molecule has 0 aliphatic carbocycles. The zero-order valence-electron chi connectivity index (χ0n) is 10.3. The minimum atomic E-state index is -0.460. The number of carbonyl (C=O) groups excluding carboxylic acids is 2. The van der Waals surface area contributed by atoms with E-state index in [1.165, 1.54) is 6.08 Å². The Kier molecular flexibility index (Phi) is 2.51. The smallest absolute Gasteiger partial charge is 0.225 e. The maximum Gasteiger partial charge on any atom is 0.358 e. The van der Waals surface area contributed by atoms with E-state index in [-0.39, 0.29) is 16.3 Å². The molecule has 1 heterocycles. The summed E-state index contributed by atoms with van der Waals surface area (Å²) in [4.78, 5) is 24.4. The first-order chi connectivity index (χ1) is 7.89. The van der Waals surface area contributed by atoms with Crippen molar-refractivity contribution < 1.29 is 14.1 Å². The lowest BCUT2D eigenvalue weighted by Gasteiger charge is -2.43. The third-order valence-corrected chi connectivity index (χ3v) is 3.19. The molecule has 0 aromatic heterocycles.